The monoisotopic (exact) mass is 472 g/mol. The number of hydrogen-bond donors (Lipinski definition) is 4. The molecule has 2 unspecified atom stereocenters. The van der Waals surface area contributed by atoms with Gasteiger partial charge in [0.15, 0.2) is 0 Å². The number of pyridine rings is 1. The molecule has 1 aliphatic heterocycles. The van der Waals surface area contributed by atoms with Gasteiger partial charge in [0, 0.05) is 12.8 Å². The van der Waals surface area contributed by atoms with E-state index in [1.54, 1.807) is 26.0 Å². The molecule has 0 radical (unpaired) electrons. The molecule has 2 amide bonds. The summed E-state index contributed by atoms with van der Waals surface area (Å²) in [6, 6.07) is 14.0. The third-order valence-electron chi connectivity index (χ3n) is 5.32. The van der Waals surface area contributed by atoms with E-state index in [0.717, 1.165) is 5.56 Å². The van der Waals surface area contributed by atoms with Gasteiger partial charge in [0.2, 0.25) is 5.60 Å². The Hall–Kier alpha value is -2.95. The van der Waals surface area contributed by atoms with Crippen LogP contribution in [0.4, 0.5) is 0 Å². The molecule has 0 aliphatic carbocycles. The summed E-state index contributed by atoms with van der Waals surface area (Å²) in [5.74, 6) is -2.06. The average Bonchev–Trinajstić information content (AvgIpc) is 3.20. The zero-order valence-corrected chi connectivity index (χ0v) is 19.1. The third-order valence-corrected chi connectivity index (χ3v) is 5.53. The molecular weight excluding hydrogens is 447 g/mol. The zero-order valence-electron chi connectivity index (χ0n) is 18.4. The summed E-state index contributed by atoms with van der Waals surface area (Å²) >= 11 is 5.84. The van der Waals surface area contributed by atoms with Crippen LogP contribution in [0.3, 0.4) is 0 Å². The number of rotatable bonds is 9. The van der Waals surface area contributed by atoms with Crippen LogP contribution in [-0.2, 0) is 16.1 Å². The average molecular weight is 473 g/mol. The summed E-state index contributed by atoms with van der Waals surface area (Å²) in [4.78, 5) is 35.3. The normalized spacial score (nSPS) is 18.3. The highest BCUT2D eigenvalue weighted by molar-refractivity contribution is 6.43. The molecule has 2 aromatic rings. The largest absolute Gasteiger partial charge is 0.475 e. The lowest BCUT2D eigenvalue weighted by Gasteiger charge is -2.29. The van der Waals surface area contributed by atoms with Crippen molar-refractivity contribution in [1.82, 2.24) is 15.6 Å². The molecular formula is C22H26BClN4O5. The summed E-state index contributed by atoms with van der Waals surface area (Å²) in [5.41, 5.74) is 0.0774. The predicted molar refractivity (Wildman–Crippen MR) is 125 cm³/mol. The van der Waals surface area contributed by atoms with E-state index in [2.05, 4.69) is 20.8 Å². The van der Waals surface area contributed by atoms with E-state index in [0.29, 0.717) is 5.71 Å². The minimum absolute atomic E-state index is 0.0487. The molecule has 0 saturated carbocycles. The number of oxime groups is 1. The van der Waals surface area contributed by atoms with Crippen molar-refractivity contribution in [3.63, 3.8) is 0 Å². The number of carbonyl (C=O) groups excluding carboxylic acids is 2. The molecule has 9 nitrogen and oxygen atoms in total. The fraction of sp³-hybridized carbons (Fsp3) is 0.364. The smallest absolute Gasteiger partial charge is 0.426 e. The molecule has 174 valence electrons. The molecule has 3 rings (SSSR count). The van der Waals surface area contributed by atoms with Gasteiger partial charge < -0.3 is 25.5 Å². The van der Waals surface area contributed by atoms with E-state index in [-0.39, 0.29) is 36.2 Å². The van der Waals surface area contributed by atoms with Crippen molar-refractivity contribution >= 4 is 36.2 Å². The summed E-state index contributed by atoms with van der Waals surface area (Å²) in [6.07, 6.45) is 0.326. The Labute approximate surface area is 197 Å². The Kier molecular flexibility index (Phi) is 8.07. The second-order valence-corrected chi connectivity index (χ2v) is 8.65. The van der Waals surface area contributed by atoms with E-state index in [9.17, 15) is 19.6 Å². The van der Waals surface area contributed by atoms with Crippen LogP contribution in [0.25, 0.3) is 0 Å². The van der Waals surface area contributed by atoms with Crippen LogP contribution in [0.15, 0.2) is 53.7 Å². The second kappa shape index (κ2) is 10.8. The molecule has 0 spiro atoms. The Morgan fingerprint density at radius 3 is 2.55 bits per heavy atom. The minimum atomic E-state index is -1.73. The third kappa shape index (κ3) is 6.31. The van der Waals surface area contributed by atoms with Crippen molar-refractivity contribution < 1.29 is 24.5 Å². The van der Waals surface area contributed by atoms with Crippen molar-refractivity contribution in [2.45, 2.75) is 38.2 Å². The van der Waals surface area contributed by atoms with Gasteiger partial charge in [0.1, 0.15) is 10.8 Å². The molecule has 33 heavy (non-hydrogen) atoms. The maximum absolute atomic E-state index is 13.3. The highest BCUT2D eigenvalue weighted by Crippen LogP contribution is 2.29. The predicted octanol–water partition coefficient (Wildman–Crippen LogP) is 1.38. The van der Waals surface area contributed by atoms with Gasteiger partial charge >= 0.3 is 7.12 Å². The van der Waals surface area contributed by atoms with E-state index in [1.165, 1.54) is 6.07 Å². The first kappa shape index (κ1) is 24.7. The molecule has 0 bridgehead atoms. The highest BCUT2D eigenvalue weighted by atomic mass is 35.5. The Morgan fingerprint density at radius 2 is 1.91 bits per heavy atom. The first-order chi connectivity index (χ1) is 15.7. The maximum atomic E-state index is 13.3. The van der Waals surface area contributed by atoms with Crippen LogP contribution in [0.1, 0.15) is 36.3 Å². The van der Waals surface area contributed by atoms with Gasteiger partial charge in [0.05, 0.1) is 18.2 Å². The van der Waals surface area contributed by atoms with Gasteiger partial charge in [0.25, 0.3) is 11.8 Å². The number of nitrogens with one attached hydrogen (secondary N) is 2. The number of carbonyl (C=O) groups is 2. The number of halogens is 1. The molecule has 1 aliphatic rings. The first-order valence-electron chi connectivity index (χ1n) is 10.6. The summed E-state index contributed by atoms with van der Waals surface area (Å²) in [5, 5.41) is 29.0. The molecule has 1 aromatic carbocycles. The van der Waals surface area contributed by atoms with Crippen LogP contribution in [0.5, 0.6) is 0 Å². The topological polar surface area (TPSA) is 133 Å². The summed E-state index contributed by atoms with van der Waals surface area (Å²) in [7, 11) is -1.73. The SMILES string of the molecule is CC(C)C(NC(=O)C1(Cc2ccccc2)CC(CNC(=O)c2cccc(Cl)n2)=NO1)B(O)O. The van der Waals surface area contributed by atoms with Crippen molar-refractivity contribution in [3.05, 3.63) is 64.9 Å². The lowest BCUT2D eigenvalue weighted by Crippen LogP contribution is -2.57. The van der Waals surface area contributed by atoms with Crippen LogP contribution in [0, 0.1) is 5.92 Å². The first-order valence-corrected chi connectivity index (χ1v) is 10.9. The molecule has 1 aromatic heterocycles. The van der Waals surface area contributed by atoms with Crippen molar-refractivity contribution in [1.29, 1.82) is 0 Å². The summed E-state index contributed by atoms with van der Waals surface area (Å²) in [6.45, 7) is 3.59. The molecule has 2 heterocycles. The quantitative estimate of drug-likeness (QED) is 0.322. The van der Waals surface area contributed by atoms with Gasteiger partial charge in [-0.05, 0) is 23.6 Å². The van der Waals surface area contributed by atoms with E-state index in [4.69, 9.17) is 16.4 Å². The lowest BCUT2D eigenvalue weighted by molar-refractivity contribution is -0.144. The van der Waals surface area contributed by atoms with Crippen molar-refractivity contribution in [2.75, 3.05) is 6.54 Å². The number of benzene rings is 1. The lowest BCUT2D eigenvalue weighted by atomic mass is 9.72. The molecule has 0 fully saturated rings. The van der Waals surface area contributed by atoms with Gasteiger partial charge in [-0.1, -0.05) is 67.0 Å². The van der Waals surface area contributed by atoms with E-state index >= 15 is 0 Å². The molecule has 0 saturated heterocycles. The van der Waals surface area contributed by atoms with Crippen LogP contribution in [0.2, 0.25) is 5.15 Å². The van der Waals surface area contributed by atoms with Crippen LogP contribution < -0.4 is 10.6 Å². The van der Waals surface area contributed by atoms with Gasteiger partial charge in [-0.25, -0.2) is 4.98 Å². The number of nitrogens with zero attached hydrogens (tertiary/aromatic N) is 2. The van der Waals surface area contributed by atoms with E-state index in [1.807, 2.05) is 30.3 Å². The molecule has 11 heteroatoms. The molecule has 4 N–H and O–H groups in total. The Bertz CT molecular complexity index is 1010. The minimum Gasteiger partial charge on any atom is -0.426 e. The van der Waals surface area contributed by atoms with E-state index < -0.39 is 30.5 Å². The summed E-state index contributed by atoms with van der Waals surface area (Å²) < 4.78 is 0. The number of hydrogen-bond acceptors (Lipinski definition) is 7. The van der Waals surface area contributed by atoms with Crippen LogP contribution in [-0.4, -0.2) is 57.8 Å². The molecule has 2 atom stereocenters. The Balaban J connectivity index is 1.73. The fourth-order valence-electron chi connectivity index (χ4n) is 3.54. The van der Waals surface area contributed by atoms with Crippen molar-refractivity contribution in [2.24, 2.45) is 11.1 Å². The Morgan fingerprint density at radius 1 is 1.18 bits per heavy atom. The van der Waals surface area contributed by atoms with Crippen LogP contribution >= 0.6 is 11.6 Å². The maximum Gasteiger partial charge on any atom is 0.475 e. The van der Waals surface area contributed by atoms with Gasteiger partial charge in [-0.2, -0.15) is 0 Å². The zero-order chi connectivity index (χ0) is 24.0. The van der Waals surface area contributed by atoms with Gasteiger partial charge in [-0.15, -0.1) is 0 Å². The second-order valence-electron chi connectivity index (χ2n) is 8.27. The fourth-order valence-corrected chi connectivity index (χ4v) is 3.70. The van der Waals surface area contributed by atoms with Gasteiger partial charge in [-0.3, -0.25) is 9.59 Å². The van der Waals surface area contributed by atoms with Crippen molar-refractivity contribution in [3.8, 4) is 0 Å². The highest BCUT2D eigenvalue weighted by Gasteiger charge is 2.48. The number of amides is 2. The standard InChI is InChI=1S/C22H26BClN4O5/c1-14(2)19(23(31)32)27-21(30)22(11-15-7-4-3-5-8-15)12-16(28-33-22)13-25-20(29)17-9-6-10-18(24)26-17/h3-10,14,19,31-32H,11-13H2,1-2H3,(H,25,29)(H,27,30). The number of aromatic nitrogens is 1.